The molecule has 19 rings (SSSR count). The molecular formula is C103H76BrClN4O18S4. The number of benzene rings is 11. The fourth-order valence-electron chi connectivity index (χ4n) is 15.1. The molecule has 28 heteroatoms. The number of para-hydroxylation sites is 4. The third-order valence-corrected chi connectivity index (χ3v) is 26.7. The van der Waals surface area contributed by atoms with E-state index in [9.17, 15) is 58.8 Å². The van der Waals surface area contributed by atoms with Gasteiger partial charge in [-0.15, -0.1) is 0 Å². The molecule has 8 aromatic heterocycles. The van der Waals surface area contributed by atoms with Gasteiger partial charge in [-0.05, 0) is 176 Å². The molecule has 0 atom stereocenters. The second kappa shape index (κ2) is 39.2. The average Bonchev–Trinajstić information content (AvgIpc) is 0.847. The van der Waals surface area contributed by atoms with Crippen LogP contribution >= 0.6 is 74.6 Å². The standard InChI is InChI=1S/C27H21NO5S.C27H19NO4S.C26H18BrNO5S.C23H18ClNO4S/c1-16-7-5-10-19(13-16)34-25-23(29)22-24(33-27(25)31)20-11-3-4-12-21(20)28(26(22)30)15-17-8-6-9-18(14-17)32-2;1-17-9-8-14-20(15-17)33-25-24(29)23-22(32-27(25)31)16-21(18-10-4-2-5-11-18)28(26(23)30)19-12-6-3-7-13-19;1-32-19-12-6-2-8-15(19)14-28-18-11-5-3-9-16(18)23-21(25(28)30)22(29)24(26(31)33-23)34-20-13-7-4-10-17(20)27;1-13(2)25-17(14-6-4-3-5-7-14)12-18-19(22(25)27)20(26)21(23(28)29-18)30-16-10-8-15(24)9-11-16/h3-14,29H,15H2,1-2H3;2-16,29H,1H3;2-13,29H,14H2,1H3;3-13,26H,1-2H3. The van der Waals surface area contributed by atoms with Crippen LogP contribution in [-0.2, 0) is 13.1 Å². The Balaban J connectivity index is 0.000000128. The number of fused-ring (bicyclic) bond motifs is 8. The number of methoxy groups -OCH3 is 2. The Morgan fingerprint density at radius 1 is 0.397 bits per heavy atom. The van der Waals surface area contributed by atoms with Crippen molar-refractivity contribution in [1.29, 1.82) is 0 Å². The second-order valence-electron chi connectivity index (χ2n) is 30.1. The summed E-state index contributed by atoms with van der Waals surface area (Å²) >= 11 is 13.6. The van der Waals surface area contributed by atoms with E-state index in [-0.39, 0.29) is 99.8 Å². The highest BCUT2D eigenvalue weighted by molar-refractivity contribution is 9.10. The molecule has 0 saturated heterocycles. The van der Waals surface area contributed by atoms with E-state index in [2.05, 4.69) is 15.9 Å². The monoisotopic (exact) mass is 1900 g/mol. The smallest absolute Gasteiger partial charge is 0.354 e. The molecule has 0 aliphatic rings. The Kier molecular flexibility index (Phi) is 26.9. The summed E-state index contributed by atoms with van der Waals surface area (Å²) in [6.45, 7) is 8.13. The highest BCUT2D eigenvalue weighted by Crippen LogP contribution is 2.44. The maximum Gasteiger partial charge on any atom is 0.354 e. The summed E-state index contributed by atoms with van der Waals surface area (Å²) in [5, 5.41) is 45.9. The van der Waals surface area contributed by atoms with Gasteiger partial charge in [0, 0.05) is 69.3 Å². The van der Waals surface area contributed by atoms with Crippen molar-refractivity contribution in [3.8, 4) is 62.7 Å². The quantitative estimate of drug-likeness (QED) is 0.0580. The number of hydrogen-bond acceptors (Lipinski definition) is 22. The van der Waals surface area contributed by atoms with Crippen LogP contribution in [0.1, 0.15) is 42.1 Å². The molecule has 654 valence electrons. The van der Waals surface area contributed by atoms with E-state index in [0.29, 0.717) is 65.2 Å². The Morgan fingerprint density at radius 3 is 1.37 bits per heavy atom. The fraction of sp³-hybridized carbons (Fsp3) is 0.0874. The van der Waals surface area contributed by atoms with Crippen molar-refractivity contribution in [2.75, 3.05) is 14.2 Å². The van der Waals surface area contributed by atoms with Crippen molar-refractivity contribution in [2.45, 2.75) is 86.0 Å². The van der Waals surface area contributed by atoms with Crippen molar-refractivity contribution >= 4 is 140 Å². The number of ether oxygens (including phenoxy) is 2. The summed E-state index contributed by atoms with van der Waals surface area (Å²) in [5.41, 5.74) is 3.94. The zero-order chi connectivity index (χ0) is 92.0. The van der Waals surface area contributed by atoms with Crippen molar-refractivity contribution < 1.29 is 47.6 Å². The van der Waals surface area contributed by atoms with E-state index in [1.54, 1.807) is 113 Å². The zero-order valence-electron chi connectivity index (χ0n) is 70.5. The van der Waals surface area contributed by atoms with Gasteiger partial charge in [0.05, 0.1) is 49.7 Å². The molecule has 8 heterocycles. The SMILES string of the molecule is CC(C)n1c(-c2ccccc2)cc2oc(=O)c(Sc3ccc(Cl)cc3)c(O)c2c1=O.COc1cccc(Cn2c(=O)c3c(O)c(Sc4cccc(C)c4)c(=O)oc3c3ccccc32)c1.COc1ccccc1Cn1c(=O)c2c(O)c(Sc3ccccc3Br)c(=O)oc2c2ccccc21.Cc1cccc(Sc2c(O)c3c(=O)n(-c4ccccc4)c(-c4ccccc4)cc3oc2=O)c1. The lowest BCUT2D eigenvalue weighted by molar-refractivity contribution is 0.408. The number of aromatic nitrogens is 4. The second-order valence-corrected chi connectivity index (χ2v) is 35.7. The Labute approximate surface area is 775 Å². The summed E-state index contributed by atoms with van der Waals surface area (Å²) in [5.74, 6) is -0.180. The summed E-state index contributed by atoms with van der Waals surface area (Å²) in [4.78, 5) is 109. The predicted molar refractivity (Wildman–Crippen MR) is 520 cm³/mol. The highest BCUT2D eigenvalue weighted by atomic mass is 79.9. The van der Waals surface area contributed by atoms with Gasteiger partial charge >= 0.3 is 22.5 Å². The molecule has 0 unspecified atom stereocenters. The molecule has 0 amide bonds. The van der Waals surface area contributed by atoms with E-state index in [1.807, 2.05) is 240 Å². The molecule has 0 radical (unpaired) electrons. The largest absolute Gasteiger partial charge is 0.505 e. The van der Waals surface area contributed by atoms with Crippen molar-refractivity contribution in [3.63, 3.8) is 0 Å². The maximum atomic E-state index is 13.7. The number of aromatic hydroxyl groups is 4. The van der Waals surface area contributed by atoms with Crippen LogP contribution in [0.2, 0.25) is 5.02 Å². The molecule has 0 aliphatic carbocycles. The maximum absolute atomic E-state index is 13.7. The van der Waals surface area contributed by atoms with Crippen LogP contribution in [0.25, 0.3) is 93.9 Å². The molecule has 4 N–H and O–H groups in total. The topological polar surface area (TPSA) is 308 Å². The minimum Gasteiger partial charge on any atom is -0.505 e. The van der Waals surface area contributed by atoms with Gasteiger partial charge in [-0.2, -0.15) is 0 Å². The van der Waals surface area contributed by atoms with Crippen LogP contribution in [0.15, 0.2) is 397 Å². The first-order valence-corrected chi connectivity index (χ1v) is 45.1. The number of aryl methyl sites for hydroxylation is 2. The third-order valence-electron chi connectivity index (χ3n) is 21.1. The summed E-state index contributed by atoms with van der Waals surface area (Å²) in [7, 11) is 3.16. The van der Waals surface area contributed by atoms with Crippen LogP contribution in [-0.4, -0.2) is 52.9 Å². The first kappa shape index (κ1) is 89.9. The molecular weight excluding hydrogens is 1820 g/mol. The first-order valence-electron chi connectivity index (χ1n) is 40.6. The normalized spacial score (nSPS) is 11.2. The van der Waals surface area contributed by atoms with Gasteiger partial charge in [-0.25, -0.2) is 19.2 Å². The Hall–Kier alpha value is -14.5. The predicted octanol–water partition coefficient (Wildman–Crippen LogP) is 22.6. The average molecular weight is 1900 g/mol. The van der Waals surface area contributed by atoms with Gasteiger partial charge in [0.25, 0.3) is 22.2 Å². The van der Waals surface area contributed by atoms with Crippen molar-refractivity contribution in [1.82, 2.24) is 18.3 Å². The fourth-order valence-corrected chi connectivity index (χ4v) is 19.3. The number of rotatable bonds is 18. The van der Waals surface area contributed by atoms with Gasteiger partial charge < -0.3 is 61.3 Å². The van der Waals surface area contributed by atoms with Crippen LogP contribution in [0, 0.1) is 13.8 Å². The molecule has 0 spiro atoms. The molecule has 11 aromatic carbocycles. The summed E-state index contributed by atoms with van der Waals surface area (Å²) in [6, 6.07) is 89.4. The van der Waals surface area contributed by atoms with Gasteiger partial charge in [0.15, 0.2) is 34.2 Å². The molecule has 22 nitrogen and oxygen atoms in total. The number of hydrogen-bond donors (Lipinski definition) is 4. The van der Waals surface area contributed by atoms with Crippen molar-refractivity contribution in [2.24, 2.45) is 0 Å². The van der Waals surface area contributed by atoms with Crippen LogP contribution in [0.4, 0.5) is 0 Å². The minimum atomic E-state index is -0.710. The van der Waals surface area contributed by atoms with Gasteiger partial charge in [0.1, 0.15) is 63.8 Å². The van der Waals surface area contributed by atoms with E-state index < -0.39 is 50.5 Å². The third kappa shape index (κ3) is 18.8. The lowest BCUT2D eigenvalue weighted by Crippen LogP contribution is -2.24. The lowest BCUT2D eigenvalue weighted by Gasteiger charge is -2.18. The Morgan fingerprint density at radius 2 is 0.840 bits per heavy atom. The lowest BCUT2D eigenvalue weighted by atomic mass is 10.1. The molecule has 0 fully saturated rings. The summed E-state index contributed by atoms with van der Waals surface area (Å²) < 4.78 is 40.1. The van der Waals surface area contributed by atoms with Crippen LogP contribution in [0.3, 0.4) is 0 Å². The van der Waals surface area contributed by atoms with E-state index in [1.165, 1.54) is 4.57 Å². The van der Waals surface area contributed by atoms with Gasteiger partial charge in [-0.3, -0.25) is 23.7 Å². The number of halogens is 2. The highest BCUT2D eigenvalue weighted by Gasteiger charge is 2.29. The molecule has 0 aliphatic heterocycles. The molecule has 131 heavy (non-hydrogen) atoms. The van der Waals surface area contributed by atoms with E-state index in [4.69, 9.17) is 38.7 Å². The minimum absolute atomic E-state index is 0.0144. The van der Waals surface area contributed by atoms with Gasteiger partial charge in [-0.1, -0.05) is 240 Å². The van der Waals surface area contributed by atoms with E-state index >= 15 is 0 Å². The number of nitrogens with zero attached hydrogens (tertiary/aromatic N) is 4. The molecule has 19 aromatic rings. The van der Waals surface area contributed by atoms with Crippen molar-refractivity contribution in [3.05, 3.63) is 412 Å². The van der Waals surface area contributed by atoms with Crippen LogP contribution < -0.4 is 54.2 Å². The summed E-state index contributed by atoms with van der Waals surface area (Å²) in [6.07, 6.45) is 0. The first-order chi connectivity index (χ1) is 63.3. The van der Waals surface area contributed by atoms with Gasteiger partial charge in [0.2, 0.25) is 0 Å². The molecule has 0 bridgehead atoms. The molecule has 0 saturated carbocycles. The van der Waals surface area contributed by atoms with E-state index in [0.717, 1.165) is 94.7 Å². The zero-order valence-corrected chi connectivity index (χ0v) is 76.1. The number of pyridine rings is 4. The Bertz CT molecular complexity index is 8190. The van der Waals surface area contributed by atoms with Crippen LogP contribution in [0.5, 0.6) is 34.5 Å².